The summed E-state index contributed by atoms with van der Waals surface area (Å²) < 4.78 is 4.92. The number of hydrogen-bond donors (Lipinski definition) is 3. The number of primary amides is 1. The van der Waals surface area contributed by atoms with Crippen LogP contribution in [0.5, 0.6) is 0 Å². The van der Waals surface area contributed by atoms with Crippen molar-refractivity contribution in [2.45, 2.75) is 6.92 Å². The van der Waals surface area contributed by atoms with Gasteiger partial charge in [0.15, 0.2) is 0 Å². The molecule has 0 bridgehead atoms. The van der Waals surface area contributed by atoms with Crippen LogP contribution in [0.25, 0.3) is 0 Å². The van der Waals surface area contributed by atoms with E-state index < -0.39 is 5.91 Å². The Morgan fingerprint density at radius 1 is 1.39 bits per heavy atom. The van der Waals surface area contributed by atoms with E-state index in [0.29, 0.717) is 17.8 Å². The predicted molar refractivity (Wildman–Crippen MR) is 67.9 cm³/mol. The lowest BCUT2D eigenvalue weighted by Gasteiger charge is -2.08. The highest BCUT2D eigenvalue weighted by molar-refractivity contribution is 5.95. The van der Waals surface area contributed by atoms with Gasteiger partial charge in [0, 0.05) is 17.8 Å². The number of nitrogens with one attached hydrogen (secondary N) is 1. The third-order valence-corrected chi connectivity index (χ3v) is 2.27. The molecule has 1 rings (SSSR count). The first-order valence-corrected chi connectivity index (χ1v) is 5.51. The summed E-state index contributed by atoms with van der Waals surface area (Å²) in [5.74, 6) is -0.731. The quantitative estimate of drug-likeness (QED) is 0.481. The molecule has 6 nitrogen and oxygen atoms in total. The topological polar surface area (TPSA) is 107 Å². The Morgan fingerprint density at radius 2 is 2.11 bits per heavy atom. The Hall–Kier alpha value is -2.08. The van der Waals surface area contributed by atoms with E-state index in [1.165, 1.54) is 0 Å². The fraction of sp³-hybridized carbons (Fsp3) is 0.333. The zero-order valence-electron chi connectivity index (χ0n) is 10.2. The van der Waals surface area contributed by atoms with E-state index in [-0.39, 0.29) is 19.1 Å². The molecule has 0 saturated carbocycles. The minimum Gasteiger partial charge on any atom is -0.399 e. The van der Waals surface area contributed by atoms with Gasteiger partial charge in [0.1, 0.15) is 6.61 Å². The zero-order valence-corrected chi connectivity index (χ0v) is 10.2. The van der Waals surface area contributed by atoms with Crippen LogP contribution in [0.2, 0.25) is 0 Å². The van der Waals surface area contributed by atoms with Crippen molar-refractivity contribution in [3.8, 4) is 0 Å². The monoisotopic (exact) mass is 251 g/mol. The molecule has 0 radical (unpaired) electrons. The number of amides is 2. The molecule has 2 amide bonds. The van der Waals surface area contributed by atoms with Crippen molar-refractivity contribution in [1.82, 2.24) is 5.32 Å². The van der Waals surface area contributed by atoms with Gasteiger partial charge >= 0.3 is 0 Å². The Kier molecular flexibility index (Phi) is 5.13. The average Bonchev–Trinajstić information content (AvgIpc) is 2.27. The Morgan fingerprint density at radius 3 is 2.72 bits per heavy atom. The summed E-state index contributed by atoms with van der Waals surface area (Å²) in [6.45, 7) is 2.23. The highest BCUT2D eigenvalue weighted by Crippen LogP contribution is 2.11. The van der Waals surface area contributed by atoms with Crippen molar-refractivity contribution < 1.29 is 14.3 Å². The third-order valence-electron chi connectivity index (χ3n) is 2.27. The molecule has 0 atom stereocenters. The van der Waals surface area contributed by atoms with E-state index >= 15 is 0 Å². The number of aryl methyl sites for hydroxylation is 1. The fourth-order valence-electron chi connectivity index (χ4n) is 1.45. The summed E-state index contributed by atoms with van der Waals surface area (Å²) >= 11 is 0. The standard InChI is InChI=1S/C12H17N3O3/c1-8-6-9(13)2-3-10(8)12(17)15-4-5-18-7-11(14)16/h2-3,6H,4-5,7,13H2,1H3,(H2,14,16)(H,15,17). The van der Waals surface area contributed by atoms with Gasteiger partial charge in [0.05, 0.1) is 6.61 Å². The third kappa shape index (κ3) is 4.42. The molecule has 18 heavy (non-hydrogen) atoms. The summed E-state index contributed by atoms with van der Waals surface area (Å²) in [6.07, 6.45) is 0. The van der Waals surface area contributed by atoms with Crippen LogP contribution in [0, 0.1) is 6.92 Å². The van der Waals surface area contributed by atoms with Crippen molar-refractivity contribution in [1.29, 1.82) is 0 Å². The molecular formula is C12H17N3O3. The molecule has 6 heteroatoms. The summed E-state index contributed by atoms with van der Waals surface area (Å²) in [7, 11) is 0. The van der Waals surface area contributed by atoms with E-state index in [9.17, 15) is 9.59 Å². The molecule has 0 saturated heterocycles. The van der Waals surface area contributed by atoms with E-state index in [2.05, 4.69) is 5.32 Å². The van der Waals surface area contributed by atoms with Crippen LogP contribution in [0.15, 0.2) is 18.2 Å². The highest BCUT2D eigenvalue weighted by atomic mass is 16.5. The lowest BCUT2D eigenvalue weighted by atomic mass is 10.1. The SMILES string of the molecule is Cc1cc(N)ccc1C(=O)NCCOCC(N)=O. The molecule has 5 N–H and O–H groups in total. The van der Waals surface area contributed by atoms with Gasteiger partial charge in [-0.05, 0) is 30.7 Å². The summed E-state index contributed by atoms with van der Waals surface area (Å²) in [4.78, 5) is 22.2. The maximum Gasteiger partial charge on any atom is 0.251 e. The second kappa shape index (κ2) is 6.61. The number of benzene rings is 1. The average molecular weight is 251 g/mol. The van der Waals surface area contributed by atoms with Crippen LogP contribution in [0.1, 0.15) is 15.9 Å². The summed E-state index contributed by atoms with van der Waals surface area (Å²) in [6, 6.07) is 5.08. The molecule has 0 aliphatic heterocycles. The number of hydrogen-bond acceptors (Lipinski definition) is 4. The summed E-state index contributed by atoms with van der Waals surface area (Å²) in [5, 5.41) is 2.68. The van der Waals surface area contributed by atoms with Gasteiger partial charge in [-0.1, -0.05) is 0 Å². The van der Waals surface area contributed by atoms with Crippen LogP contribution in [-0.4, -0.2) is 31.6 Å². The predicted octanol–water partition coefficient (Wildman–Crippen LogP) is -0.191. The number of ether oxygens (including phenoxy) is 1. The molecule has 0 aliphatic rings. The van der Waals surface area contributed by atoms with Crippen molar-refractivity contribution in [3.63, 3.8) is 0 Å². The van der Waals surface area contributed by atoms with Gasteiger partial charge in [-0.3, -0.25) is 9.59 Å². The van der Waals surface area contributed by atoms with Crippen molar-refractivity contribution in [2.75, 3.05) is 25.5 Å². The van der Waals surface area contributed by atoms with Crippen LogP contribution >= 0.6 is 0 Å². The molecule has 0 fully saturated rings. The van der Waals surface area contributed by atoms with Crippen LogP contribution in [0.3, 0.4) is 0 Å². The molecule has 0 unspecified atom stereocenters. The number of rotatable bonds is 6. The van der Waals surface area contributed by atoms with Gasteiger partial charge in [0.2, 0.25) is 5.91 Å². The minimum atomic E-state index is -0.532. The number of carbonyl (C=O) groups is 2. The lowest BCUT2D eigenvalue weighted by molar-refractivity contribution is -0.122. The second-order valence-electron chi connectivity index (χ2n) is 3.85. The Bertz CT molecular complexity index is 446. The normalized spacial score (nSPS) is 10.1. The first kappa shape index (κ1) is 14.0. The smallest absolute Gasteiger partial charge is 0.251 e. The first-order chi connectivity index (χ1) is 8.50. The van der Waals surface area contributed by atoms with Crippen LogP contribution < -0.4 is 16.8 Å². The van der Waals surface area contributed by atoms with Gasteiger partial charge in [-0.25, -0.2) is 0 Å². The van der Waals surface area contributed by atoms with Crippen LogP contribution in [0.4, 0.5) is 5.69 Å². The second-order valence-corrected chi connectivity index (χ2v) is 3.85. The largest absolute Gasteiger partial charge is 0.399 e. The van der Waals surface area contributed by atoms with Crippen LogP contribution in [-0.2, 0) is 9.53 Å². The van der Waals surface area contributed by atoms with Gasteiger partial charge in [0.25, 0.3) is 5.91 Å². The fourth-order valence-corrected chi connectivity index (χ4v) is 1.45. The molecule has 0 heterocycles. The molecule has 0 spiro atoms. The maximum absolute atomic E-state index is 11.8. The van der Waals surface area contributed by atoms with Gasteiger partial charge in [-0.2, -0.15) is 0 Å². The minimum absolute atomic E-state index is 0.142. The molecular weight excluding hydrogens is 234 g/mol. The Balaban J connectivity index is 2.39. The Labute approximate surface area is 105 Å². The molecule has 1 aromatic carbocycles. The van der Waals surface area contributed by atoms with Gasteiger partial charge < -0.3 is 21.5 Å². The maximum atomic E-state index is 11.8. The highest BCUT2D eigenvalue weighted by Gasteiger charge is 2.08. The molecule has 0 aliphatic carbocycles. The number of nitrogen functional groups attached to an aromatic ring is 1. The molecule has 1 aromatic rings. The molecule has 0 aromatic heterocycles. The number of carbonyl (C=O) groups excluding carboxylic acids is 2. The first-order valence-electron chi connectivity index (χ1n) is 5.51. The van der Waals surface area contributed by atoms with E-state index in [4.69, 9.17) is 16.2 Å². The van der Waals surface area contributed by atoms with E-state index in [0.717, 1.165) is 5.56 Å². The van der Waals surface area contributed by atoms with Gasteiger partial charge in [-0.15, -0.1) is 0 Å². The zero-order chi connectivity index (χ0) is 13.5. The van der Waals surface area contributed by atoms with E-state index in [1.807, 2.05) is 6.92 Å². The number of nitrogens with two attached hydrogens (primary N) is 2. The molecule has 98 valence electrons. The van der Waals surface area contributed by atoms with Crippen molar-refractivity contribution in [2.24, 2.45) is 5.73 Å². The summed E-state index contributed by atoms with van der Waals surface area (Å²) in [5.41, 5.74) is 12.5. The van der Waals surface area contributed by atoms with E-state index in [1.54, 1.807) is 18.2 Å². The number of anilines is 1. The van der Waals surface area contributed by atoms with Crippen molar-refractivity contribution >= 4 is 17.5 Å². The van der Waals surface area contributed by atoms with Crippen molar-refractivity contribution in [3.05, 3.63) is 29.3 Å². The lowest BCUT2D eigenvalue weighted by Crippen LogP contribution is -2.29.